The number of likely N-dealkylation sites (tertiary alicyclic amines) is 1. The Labute approximate surface area is 103 Å². The van der Waals surface area contributed by atoms with Crippen LogP contribution in [0.1, 0.15) is 31.0 Å². The lowest BCUT2D eigenvalue weighted by Gasteiger charge is -2.13. The summed E-state index contributed by atoms with van der Waals surface area (Å²) in [5, 5.41) is 7.28. The van der Waals surface area contributed by atoms with E-state index in [4.69, 9.17) is 4.52 Å². The first-order valence-electron chi connectivity index (χ1n) is 6.57. The molecule has 2 heterocycles. The predicted molar refractivity (Wildman–Crippen MR) is 65.9 cm³/mol. The van der Waals surface area contributed by atoms with Crippen molar-refractivity contribution in [2.45, 2.75) is 32.6 Å². The minimum atomic E-state index is 0.647. The van der Waals surface area contributed by atoms with Gasteiger partial charge in [-0.15, -0.1) is 0 Å². The van der Waals surface area contributed by atoms with Crippen LogP contribution in [0.2, 0.25) is 0 Å². The number of nitrogens with one attached hydrogen (secondary N) is 1. The normalized spacial score (nSPS) is 16.8. The first kappa shape index (κ1) is 12.5. The molecule has 0 radical (unpaired) electrons. The van der Waals surface area contributed by atoms with Crippen molar-refractivity contribution in [2.75, 3.05) is 32.7 Å². The van der Waals surface area contributed by atoms with E-state index in [1.54, 1.807) is 0 Å². The van der Waals surface area contributed by atoms with Crippen molar-refractivity contribution in [1.82, 2.24) is 20.4 Å². The first-order chi connectivity index (χ1) is 8.34. The third-order valence-corrected chi connectivity index (χ3v) is 3.12. The summed E-state index contributed by atoms with van der Waals surface area (Å²) in [6.45, 7) is 7.64. The van der Waals surface area contributed by atoms with E-state index in [9.17, 15) is 0 Å². The third kappa shape index (κ3) is 4.44. The zero-order chi connectivity index (χ0) is 11.9. The maximum Gasteiger partial charge on any atom is 0.223 e. The Bertz CT molecular complexity index is 320. The average molecular weight is 238 g/mol. The Kier molecular flexibility index (Phi) is 4.94. The Balaban J connectivity index is 1.46. The van der Waals surface area contributed by atoms with Crippen LogP contribution in [0, 0.1) is 6.92 Å². The van der Waals surface area contributed by atoms with Gasteiger partial charge in [-0.3, -0.25) is 0 Å². The number of aromatic nitrogens is 2. The molecule has 96 valence electrons. The summed E-state index contributed by atoms with van der Waals surface area (Å²) >= 11 is 0. The lowest BCUT2D eigenvalue weighted by Crippen LogP contribution is -2.26. The van der Waals surface area contributed by atoms with Crippen LogP contribution in [-0.4, -0.2) is 47.8 Å². The Morgan fingerprint density at radius 2 is 2.12 bits per heavy atom. The number of nitrogens with zero attached hydrogens (tertiary/aromatic N) is 3. The second-order valence-electron chi connectivity index (χ2n) is 4.63. The van der Waals surface area contributed by atoms with Gasteiger partial charge in [-0.2, -0.15) is 4.98 Å². The molecule has 0 atom stereocenters. The Morgan fingerprint density at radius 3 is 2.82 bits per heavy atom. The van der Waals surface area contributed by atoms with E-state index < -0.39 is 0 Å². The second kappa shape index (κ2) is 6.71. The number of hydrogen-bond donors (Lipinski definition) is 1. The number of rotatable bonds is 7. The summed E-state index contributed by atoms with van der Waals surface area (Å²) in [7, 11) is 0. The number of hydrogen-bond acceptors (Lipinski definition) is 5. The lowest BCUT2D eigenvalue weighted by atomic mass is 10.3. The Morgan fingerprint density at radius 1 is 1.29 bits per heavy atom. The standard InChI is InChI=1S/C12H22N4O/c1-11-14-12(15-17-11)5-7-13-6-4-10-16-8-2-3-9-16/h13H,2-10H2,1H3. The molecule has 1 N–H and O–H groups in total. The van der Waals surface area contributed by atoms with Crippen LogP contribution in [0.3, 0.4) is 0 Å². The van der Waals surface area contributed by atoms with E-state index in [-0.39, 0.29) is 0 Å². The molecule has 1 fully saturated rings. The molecule has 1 aliphatic heterocycles. The van der Waals surface area contributed by atoms with Gasteiger partial charge in [0.2, 0.25) is 5.89 Å². The quantitative estimate of drug-likeness (QED) is 0.718. The largest absolute Gasteiger partial charge is 0.340 e. The molecular formula is C12H22N4O. The van der Waals surface area contributed by atoms with Crippen molar-refractivity contribution >= 4 is 0 Å². The molecule has 0 bridgehead atoms. The van der Waals surface area contributed by atoms with Crippen molar-refractivity contribution in [3.8, 4) is 0 Å². The molecule has 0 unspecified atom stereocenters. The zero-order valence-corrected chi connectivity index (χ0v) is 10.6. The summed E-state index contributed by atoms with van der Waals surface area (Å²) in [5.74, 6) is 1.45. The van der Waals surface area contributed by atoms with Gasteiger partial charge in [-0.25, -0.2) is 0 Å². The van der Waals surface area contributed by atoms with E-state index in [0.717, 1.165) is 25.3 Å². The van der Waals surface area contributed by atoms with Gasteiger partial charge >= 0.3 is 0 Å². The van der Waals surface area contributed by atoms with Gasteiger partial charge in [-0.1, -0.05) is 5.16 Å². The van der Waals surface area contributed by atoms with Crippen LogP contribution in [-0.2, 0) is 6.42 Å². The van der Waals surface area contributed by atoms with Gasteiger partial charge in [0.05, 0.1) is 0 Å². The summed E-state index contributed by atoms with van der Waals surface area (Å²) in [5.41, 5.74) is 0. The maximum absolute atomic E-state index is 4.91. The van der Waals surface area contributed by atoms with Crippen molar-refractivity contribution < 1.29 is 4.52 Å². The predicted octanol–water partition coefficient (Wildman–Crippen LogP) is 0.996. The molecule has 0 spiro atoms. The van der Waals surface area contributed by atoms with Crippen molar-refractivity contribution in [1.29, 1.82) is 0 Å². The molecule has 17 heavy (non-hydrogen) atoms. The average Bonchev–Trinajstić information content (AvgIpc) is 2.95. The van der Waals surface area contributed by atoms with Gasteiger partial charge in [0.15, 0.2) is 5.82 Å². The van der Waals surface area contributed by atoms with E-state index in [1.807, 2.05) is 6.92 Å². The van der Waals surface area contributed by atoms with E-state index in [2.05, 4.69) is 20.4 Å². The molecule has 5 heteroatoms. The minimum Gasteiger partial charge on any atom is -0.340 e. The van der Waals surface area contributed by atoms with E-state index in [1.165, 1.54) is 38.9 Å². The molecule has 1 aliphatic rings. The minimum absolute atomic E-state index is 0.647. The van der Waals surface area contributed by atoms with Gasteiger partial charge < -0.3 is 14.7 Å². The van der Waals surface area contributed by atoms with E-state index >= 15 is 0 Å². The SMILES string of the molecule is Cc1nc(CCNCCCN2CCCC2)no1. The molecule has 0 amide bonds. The summed E-state index contributed by atoms with van der Waals surface area (Å²) in [4.78, 5) is 6.71. The molecule has 1 aromatic heterocycles. The molecule has 0 aliphatic carbocycles. The zero-order valence-electron chi connectivity index (χ0n) is 10.6. The topological polar surface area (TPSA) is 54.2 Å². The molecule has 1 aromatic rings. The van der Waals surface area contributed by atoms with Crippen molar-refractivity contribution in [3.63, 3.8) is 0 Å². The first-order valence-corrected chi connectivity index (χ1v) is 6.57. The van der Waals surface area contributed by atoms with Gasteiger partial charge in [-0.05, 0) is 45.4 Å². The van der Waals surface area contributed by atoms with Crippen LogP contribution < -0.4 is 5.32 Å². The van der Waals surface area contributed by atoms with Crippen LogP contribution in [0.4, 0.5) is 0 Å². The highest BCUT2D eigenvalue weighted by atomic mass is 16.5. The van der Waals surface area contributed by atoms with Crippen LogP contribution in [0.25, 0.3) is 0 Å². The molecular weight excluding hydrogens is 216 g/mol. The lowest BCUT2D eigenvalue weighted by molar-refractivity contribution is 0.331. The molecule has 0 saturated carbocycles. The summed E-state index contributed by atoms with van der Waals surface area (Å²) in [6.07, 6.45) is 4.83. The van der Waals surface area contributed by atoms with E-state index in [0.29, 0.717) is 5.89 Å². The monoisotopic (exact) mass is 238 g/mol. The van der Waals surface area contributed by atoms with Crippen LogP contribution in [0.5, 0.6) is 0 Å². The smallest absolute Gasteiger partial charge is 0.223 e. The Hall–Kier alpha value is -0.940. The van der Waals surface area contributed by atoms with Gasteiger partial charge in [0.1, 0.15) is 0 Å². The highest BCUT2D eigenvalue weighted by Gasteiger charge is 2.09. The van der Waals surface area contributed by atoms with Gasteiger partial charge in [0, 0.05) is 19.9 Å². The van der Waals surface area contributed by atoms with Crippen LogP contribution in [0.15, 0.2) is 4.52 Å². The maximum atomic E-state index is 4.91. The highest BCUT2D eigenvalue weighted by molar-refractivity contribution is 4.84. The van der Waals surface area contributed by atoms with Crippen molar-refractivity contribution in [2.24, 2.45) is 0 Å². The molecule has 0 aromatic carbocycles. The molecule has 5 nitrogen and oxygen atoms in total. The van der Waals surface area contributed by atoms with Crippen LogP contribution >= 0.6 is 0 Å². The fraction of sp³-hybridized carbons (Fsp3) is 0.833. The van der Waals surface area contributed by atoms with Gasteiger partial charge in [0.25, 0.3) is 0 Å². The number of aryl methyl sites for hydroxylation is 1. The molecule has 1 saturated heterocycles. The van der Waals surface area contributed by atoms with Crippen molar-refractivity contribution in [3.05, 3.63) is 11.7 Å². The fourth-order valence-electron chi connectivity index (χ4n) is 2.20. The summed E-state index contributed by atoms with van der Waals surface area (Å²) in [6, 6.07) is 0. The fourth-order valence-corrected chi connectivity index (χ4v) is 2.20. The third-order valence-electron chi connectivity index (χ3n) is 3.12. The second-order valence-corrected chi connectivity index (χ2v) is 4.63. The highest BCUT2D eigenvalue weighted by Crippen LogP contribution is 2.06. The summed E-state index contributed by atoms with van der Waals surface area (Å²) < 4.78 is 4.91. The molecule has 2 rings (SSSR count).